The second-order valence-electron chi connectivity index (χ2n) is 3.18. The van der Waals surface area contributed by atoms with E-state index in [1.54, 1.807) is 6.07 Å². The first kappa shape index (κ1) is 11.2. The molecule has 2 rings (SSSR count). The normalized spacial score (nSPS) is 10.6. The van der Waals surface area contributed by atoms with Crippen LogP contribution in [0.4, 0.5) is 4.39 Å². The van der Waals surface area contributed by atoms with Gasteiger partial charge in [0.15, 0.2) is 5.82 Å². The molecule has 0 aliphatic rings. The minimum Gasteiger partial charge on any atom is -0.306 e. The third-order valence-electron chi connectivity index (χ3n) is 1.99. The van der Waals surface area contributed by atoms with Crippen LogP contribution >= 0.6 is 15.9 Å². The second kappa shape index (κ2) is 5.13. The Morgan fingerprint density at radius 1 is 1.38 bits per heavy atom. The standard InChI is InChI=1S/C9H9BrFN5/c10-7-2-1-6(3-8(7)11)4-12-5-9-13-15-16-14-9/h1-3,12H,4-5H2,(H,13,14,15,16). The molecule has 0 aliphatic carbocycles. The molecular weight excluding hydrogens is 277 g/mol. The summed E-state index contributed by atoms with van der Waals surface area (Å²) in [7, 11) is 0. The molecule has 0 saturated carbocycles. The number of nitrogens with one attached hydrogen (secondary N) is 2. The number of hydrogen-bond acceptors (Lipinski definition) is 4. The van der Waals surface area contributed by atoms with Crippen LogP contribution < -0.4 is 5.32 Å². The van der Waals surface area contributed by atoms with Crippen molar-refractivity contribution in [1.29, 1.82) is 0 Å². The first-order valence-electron chi connectivity index (χ1n) is 4.62. The van der Waals surface area contributed by atoms with Crippen molar-refractivity contribution in [2.75, 3.05) is 0 Å². The summed E-state index contributed by atoms with van der Waals surface area (Å²) in [6.07, 6.45) is 0. The molecule has 2 aromatic rings. The maximum absolute atomic E-state index is 13.2. The number of nitrogens with zero attached hydrogens (tertiary/aromatic N) is 3. The Bertz CT molecular complexity index is 459. The molecule has 0 saturated heterocycles. The average molecular weight is 286 g/mol. The topological polar surface area (TPSA) is 66.5 Å². The third-order valence-corrected chi connectivity index (χ3v) is 2.63. The molecule has 1 aromatic heterocycles. The summed E-state index contributed by atoms with van der Waals surface area (Å²) in [4.78, 5) is 0. The second-order valence-corrected chi connectivity index (χ2v) is 4.03. The Morgan fingerprint density at radius 2 is 2.25 bits per heavy atom. The molecule has 7 heteroatoms. The SMILES string of the molecule is Fc1cc(CNCc2nn[nH]n2)ccc1Br. The molecule has 5 nitrogen and oxygen atoms in total. The fraction of sp³-hybridized carbons (Fsp3) is 0.222. The Balaban J connectivity index is 1.87. The van der Waals surface area contributed by atoms with Gasteiger partial charge in [-0.3, -0.25) is 0 Å². The van der Waals surface area contributed by atoms with Gasteiger partial charge in [-0.15, -0.1) is 10.2 Å². The molecule has 1 heterocycles. The van der Waals surface area contributed by atoms with E-state index in [0.717, 1.165) is 5.56 Å². The fourth-order valence-corrected chi connectivity index (χ4v) is 1.47. The largest absolute Gasteiger partial charge is 0.306 e. The van der Waals surface area contributed by atoms with Crippen molar-refractivity contribution in [2.45, 2.75) is 13.1 Å². The Kier molecular flexibility index (Phi) is 3.58. The van der Waals surface area contributed by atoms with Crippen molar-refractivity contribution < 1.29 is 4.39 Å². The van der Waals surface area contributed by atoms with E-state index >= 15 is 0 Å². The number of halogens is 2. The number of tetrazole rings is 1. The summed E-state index contributed by atoms with van der Waals surface area (Å²) in [6.45, 7) is 1.05. The van der Waals surface area contributed by atoms with E-state index in [0.29, 0.717) is 23.4 Å². The monoisotopic (exact) mass is 285 g/mol. The van der Waals surface area contributed by atoms with E-state index in [2.05, 4.69) is 41.9 Å². The van der Waals surface area contributed by atoms with Crippen LogP contribution in [0.5, 0.6) is 0 Å². The summed E-state index contributed by atoms with van der Waals surface area (Å²) in [6, 6.07) is 5.00. The number of aromatic nitrogens is 4. The lowest BCUT2D eigenvalue weighted by Crippen LogP contribution is -2.13. The number of H-pyrrole nitrogens is 1. The molecular formula is C9H9BrFN5. The van der Waals surface area contributed by atoms with Crippen molar-refractivity contribution in [3.8, 4) is 0 Å². The van der Waals surface area contributed by atoms with Crippen LogP contribution in [0.15, 0.2) is 22.7 Å². The molecule has 0 atom stereocenters. The predicted octanol–water partition coefficient (Wildman–Crippen LogP) is 1.39. The van der Waals surface area contributed by atoms with Crippen LogP contribution in [-0.4, -0.2) is 20.6 Å². The molecule has 0 radical (unpaired) electrons. The van der Waals surface area contributed by atoms with Crippen LogP contribution in [0.1, 0.15) is 11.4 Å². The van der Waals surface area contributed by atoms with Crippen LogP contribution in [0.2, 0.25) is 0 Å². The molecule has 0 amide bonds. The zero-order valence-electron chi connectivity index (χ0n) is 8.24. The van der Waals surface area contributed by atoms with E-state index in [1.807, 2.05) is 6.07 Å². The summed E-state index contributed by atoms with van der Waals surface area (Å²) in [5, 5.41) is 16.4. The van der Waals surface area contributed by atoms with Crippen molar-refractivity contribution in [1.82, 2.24) is 25.9 Å². The highest BCUT2D eigenvalue weighted by atomic mass is 79.9. The van der Waals surface area contributed by atoms with Gasteiger partial charge in [0.25, 0.3) is 0 Å². The van der Waals surface area contributed by atoms with Gasteiger partial charge in [-0.05, 0) is 33.6 Å². The lowest BCUT2D eigenvalue weighted by molar-refractivity contribution is 0.611. The van der Waals surface area contributed by atoms with E-state index in [1.165, 1.54) is 6.07 Å². The highest BCUT2D eigenvalue weighted by Crippen LogP contribution is 2.16. The van der Waals surface area contributed by atoms with Gasteiger partial charge in [-0.1, -0.05) is 11.3 Å². The minimum absolute atomic E-state index is 0.265. The highest BCUT2D eigenvalue weighted by Gasteiger charge is 2.01. The number of aromatic amines is 1. The zero-order valence-corrected chi connectivity index (χ0v) is 9.83. The molecule has 1 aromatic carbocycles. The summed E-state index contributed by atoms with van der Waals surface area (Å²) in [5.74, 6) is 0.316. The summed E-state index contributed by atoms with van der Waals surface area (Å²) < 4.78 is 13.6. The average Bonchev–Trinajstić information content (AvgIpc) is 2.76. The number of hydrogen-bond donors (Lipinski definition) is 2. The molecule has 84 valence electrons. The molecule has 0 spiro atoms. The molecule has 0 unspecified atom stereocenters. The first-order chi connectivity index (χ1) is 7.75. The Labute approximate surface area is 99.6 Å². The van der Waals surface area contributed by atoms with Crippen LogP contribution in [0.3, 0.4) is 0 Å². The zero-order chi connectivity index (χ0) is 11.4. The number of rotatable bonds is 4. The molecule has 2 N–H and O–H groups in total. The molecule has 0 aliphatic heterocycles. The van der Waals surface area contributed by atoms with E-state index < -0.39 is 0 Å². The van der Waals surface area contributed by atoms with E-state index in [4.69, 9.17) is 0 Å². The van der Waals surface area contributed by atoms with Gasteiger partial charge in [-0.2, -0.15) is 5.21 Å². The van der Waals surface area contributed by atoms with Gasteiger partial charge in [0.2, 0.25) is 0 Å². The van der Waals surface area contributed by atoms with Gasteiger partial charge >= 0.3 is 0 Å². The summed E-state index contributed by atoms with van der Waals surface area (Å²) >= 11 is 3.10. The maximum atomic E-state index is 13.2. The lowest BCUT2D eigenvalue weighted by Gasteiger charge is -2.03. The van der Waals surface area contributed by atoms with E-state index in [-0.39, 0.29) is 5.82 Å². The van der Waals surface area contributed by atoms with Crippen molar-refractivity contribution >= 4 is 15.9 Å². The number of benzene rings is 1. The van der Waals surface area contributed by atoms with Crippen molar-refractivity contribution in [2.24, 2.45) is 0 Å². The fourth-order valence-electron chi connectivity index (χ4n) is 1.23. The van der Waals surface area contributed by atoms with Crippen LogP contribution in [0, 0.1) is 5.82 Å². The maximum Gasteiger partial charge on any atom is 0.188 e. The van der Waals surface area contributed by atoms with Crippen molar-refractivity contribution in [3.63, 3.8) is 0 Å². The molecule has 0 fully saturated rings. The smallest absolute Gasteiger partial charge is 0.188 e. The quantitative estimate of drug-likeness (QED) is 0.891. The highest BCUT2D eigenvalue weighted by molar-refractivity contribution is 9.10. The van der Waals surface area contributed by atoms with Crippen LogP contribution in [-0.2, 0) is 13.1 Å². The first-order valence-corrected chi connectivity index (χ1v) is 5.42. The van der Waals surface area contributed by atoms with Gasteiger partial charge in [0.1, 0.15) is 5.82 Å². The van der Waals surface area contributed by atoms with Crippen LogP contribution in [0.25, 0.3) is 0 Å². The van der Waals surface area contributed by atoms with Gasteiger partial charge in [0.05, 0.1) is 11.0 Å². The van der Waals surface area contributed by atoms with Gasteiger partial charge < -0.3 is 5.32 Å². The van der Waals surface area contributed by atoms with Gasteiger partial charge in [-0.25, -0.2) is 4.39 Å². The van der Waals surface area contributed by atoms with E-state index in [9.17, 15) is 4.39 Å². The van der Waals surface area contributed by atoms with Gasteiger partial charge in [0, 0.05) is 6.54 Å². The van der Waals surface area contributed by atoms with Crippen molar-refractivity contribution in [3.05, 3.63) is 39.9 Å². The third kappa shape index (κ3) is 2.83. The lowest BCUT2D eigenvalue weighted by atomic mass is 10.2. The Hall–Kier alpha value is -1.34. The Morgan fingerprint density at radius 3 is 2.94 bits per heavy atom. The minimum atomic E-state index is -0.265. The summed E-state index contributed by atoms with van der Waals surface area (Å²) in [5.41, 5.74) is 0.865. The molecule has 16 heavy (non-hydrogen) atoms. The molecule has 0 bridgehead atoms. The predicted molar refractivity (Wildman–Crippen MR) is 58.8 cm³/mol.